The van der Waals surface area contributed by atoms with Crippen molar-refractivity contribution in [2.45, 2.75) is 44.2 Å². The molecule has 2 nitrogen and oxygen atoms in total. The molecule has 1 aromatic rings. The lowest BCUT2D eigenvalue weighted by atomic mass is 9.78. The monoisotopic (exact) mass is 274 g/mol. The summed E-state index contributed by atoms with van der Waals surface area (Å²) in [6, 6.07) is 6.25. The van der Waals surface area contributed by atoms with Crippen molar-refractivity contribution in [3.8, 4) is 0 Å². The molecule has 0 radical (unpaired) electrons. The second-order valence-electron chi connectivity index (χ2n) is 6.87. The summed E-state index contributed by atoms with van der Waals surface area (Å²) in [5, 5.41) is 0. The number of nitrogens with zero attached hydrogens (tertiary/aromatic N) is 1. The Bertz CT molecular complexity index is 516. The Morgan fingerprint density at radius 1 is 1.15 bits per heavy atom. The van der Waals surface area contributed by atoms with Crippen LogP contribution in [-0.4, -0.2) is 24.0 Å². The van der Waals surface area contributed by atoms with E-state index in [1.54, 1.807) is 12.1 Å². The summed E-state index contributed by atoms with van der Waals surface area (Å²) in [5.41, 5.74) is 8.90. The molecule has 2 aliphatic carbocycles. The molecule has 0 spiro atoms. The van der Waals surface area contributed by atoms with E-state index in [1.165, 1.54) is 36.9 Å². The first-order valence-corrected chi connectivity index (χ1v) is 8.00. The van der Waals surface area contributed by atoms with Gasteiger partial charge in [-0.2, -0.15) is 0 Å². The SMILES string of the molecule is NC1CCCC2CN(C3CCc4cc(F)ccc43)CC12. The Kier molecular flexibility index (Phi) is 3.08. The van der Waals surface area contributed by atoms with Crippen LogP contribution in [0.1, 0.15) is 42.9 Å². The van der Waals surface area contributed by atoms with Crippen molar-refractivity contribution >= 4 is 0 Å². The highest BCUT2D eigenvalue weighted by molar-refractivity contribution is 5.35. The van der Waals surface area contributed by atoms with Gasteiger partial charge in [0.1, 0.15) is 5.82 Å². The molecule has 4 atom stereocenters. The van der Waals surface area contributed by atoms with Crippen LogP contribution in [0.25, 0.3) is 0 Å². The predicted molar refractivity (Wildman–Crippen MR) is 77.8 cm³/mol. The van der Waals surface area contributed by atoms with E-state index in [-0.39, 0.29) is 5.82 Å². The first-order valence-electron chi connectivity index (χ1n) is 8.00. The van der Waals surface area contributed by atoms with Gasteiger partial charge in [0.15, 0.2) is 0 Å². The number of aryl methyl sites for hydroxylation is 1. The average molecular weight is 274 g/mol. The molecule has 2 fully saturated rings. The van der Waals surface area contributed by atoms with Crippen molar-refractivity contribution in [2.24, 2.45) is 17.6 Å². The summed E-state index contributed by atoms with van der Waals surface area (Å²) < 4.78 is 13.3. The molecule has 2 N–H and O–H groups in total. The molecule has 1 heterocycles. The minimum absolute atomic E-state index is 0.0958. The van der Waals surface area contributed by atoms with Crippen LogP contribution in [0.3, 0.4) is 0 Å². The van der Waals surface area contributed by atoms with Crippen molar-refractivity contribution in [3.05, 3.63) is 35.1 Å². The van der Waals surface area contributed by atoms with Gasteiger partial charge in [-0.3, -0.25) is 4.90 Å². The summed E-state index contributed by atoms with van der Waals surface area (Å²) in [4.78, 5) is 2.63. The normalized spacial score (nSPS) is 36.9. The van der Waals surface area contributed by atoms with Crippen LogP contribution in [0.2, 0.25) is 0 Å². The zero-order valence-corrected chi connectivity index (χ0v) is 11.9. The first kappa shape index (κ1) is 12.8. The van der Waals surface area contributed by atoms with E-state index in [9.17, 15) is 4.39 Å². The van der Waals surface area contributed by atoms with Gasteiger partial charge >= 0.3 is 0 Å². The molecule has 3 heteroatoms. The summed E-state index contributed by atoms with van der Waals surface area (Å²) >= 11 is 0. The number of hydrogen-bond donors (Lipinski definition) is 1. The lowest BCUT2D eigenvalue weighted by Gasteiger charge is -2.30. The number of hydrogen-bond acceptors (Lipinski definition) is 2. The second kappa shape index (κ2) is 4.81. The van der Waals surface area contributed by atoms with Crippen LogP contribution in [0.15, 0.2) is 18.2 Å². The lowest BCUT2D eigenvalue weighted by molar-refractivity contribution is 0.230. The molecule has 0 aromatic heterocycles. The van der Waals surface area contributed by atoms with Crippen LogP contribution >= 0.6 is 0 Å². The fourth-order valence-electron chi connectivity index (χ4n) is 4.75. The van der Waals surface area contributed by atoms with Crippen molar-refractivity contribution in [1.29, 1.82) is 0 Å². The van der Waals surface area contributed by atoms with Crippen molar-refractivity contribution in [3.63, 3.8) is 0 Å². The zero-order valence-electron chi connectivity index (χ0n) is 11.9. The summed E-state index contributed by atoms with van der Waals surface area (Å²) in [6.07, 6.45) is 6.01. The molecule has 1 aliphatic heterocycles. The molecular formula is C17H23FN2. The maximum atomic E-state index is 13.3. The van der Waals surface area contributed by atoms with Gasteiger partial charge in [0.05, 0.1) is 0 Å². The van der Waals surface area contributed by atoms with E-state index in [0.29, 0.717) is 18.0 Å². The highest BCUT2D eigenvalue weighted by atomic mass is 19.1. The third-order valence-corrected chi connectivity index (χ3v) is 5.77. The van der Waals surface area contributed by atoms with Crippen LogP contribution < -0.4 is 5.73 Å². The van der Waals surface area contributed by atoms with E-state index in [2.05, 4.69) is 4.90 Å². The maximum absolute atomic E-state index is 13.3. The number of halogens is 1. The van der Waals surface area contributed by atoms with Gasteiger partial charge < -0.3 is 5.73 Å². The van der Waals surface area contributed by atoms with E-state index in [0.717, 1.165) is 25.3 Å². The van der Waals surface area contributed by atoms with Gasteiger partial charge in [0.2, 0.25) is 0 Å². The third kappa shape index (κ3) is 1.99. The van der Waals surface area contributed by atoms with E-state index < -0.39 is 0 Å². The van der Waals surface area contributed by atoms with Crippen molar-refractivity contribution < 1.29 is 4.39 Å². The van der Waals surface area contributed by atoms with Crippen molar-refractivity contribution in [1.82, 2.24) is 4.90 Å². The summed E-state index contributed by atoms with van der Waals surface area (Å²) in [5.74, 6) is 1.39. The molecule has 20 heavy (non-hydrogen) atoms. The van der Waals surface area contributed by atoms with Gasteiger partial charge in [-0.1, -0.05) is 12.5 Å². The van der Waals surface area contributed by atoms with Gasteiger partial charge in [-0.25, -0.2) is 4.39 Å². The number of likely N-dealkylation sites (tertiary alicyclic amines) is 1. The number of fused-ring (bicyclic) bond motifs is 2. The molecule has 1 aromatic carbocycles. The summed E-state index contributed by atoms with van der Waals surface area (Å²) in [6.45, 7) is 2.34. The minimum Gasteiger partial charge on any atom is -0.327 e. The maximum Gasteiger partial charge on any atom is 0.123 e. The Morgan fingerprint density at radius 3 is 2.90 bits per heavy atom. The molecule has 1 saturated heterocycles. The van der Waals surface area contributed by atoms with Gasteiger partial charge in [-0.15, -0.1) is 0 Å². The topological polar surface area (TPSA) is 29.3 Å². The molecule has 4 unspecified atom stereocenters. The Hall–Kier alpha value is -0.930. The zero-order chi connectivity index (χ0) is 13.7. The van der Waals surface area contributed by atoms with Gasteiger partial charge in [-0.05, 0) is 60.8 Å². The van der Waals surface area contributed by atoms with Crippen molar-refractivity contribution in [2.75, 3.05) is 13.1 Å². The Labute approximate surface area is 120 Å². The van der Waals surface area contributed by atoms with Crippen LogP contribution in [-0.2, 0) is 6.42 Å². The Morgan fingerprint density at radius 2 is 2.05 bits per heavy atom. The standard InChI is InChI=1S/C17H23FN2/c18-13-5-6-14-11(8-13)4-7-17(14)20-9-12-2-1-3-16(19)15(12)10-20/h5-6,8,12,15-17H,1-4,7,9-10,19H2. The molecule has 3 aliphatic rings. The largest absolute Gasteiger partial charge is 0.327 e. The highest BCUT2D eigenvalue weighted by Gasteiger charge is 2.42. The fourth-order valence-corrected chi connectivity index (χ4v) is 4.75. The second-order valence-corrected chi connectivity index (χ2v) is 6.87. The van der Waals surface area contributed by atoms with Crippen LogP contribution in [0.4, 0.5) is 4.39 Å². The van der Waals surface area contributed by atoms with E-state index >= 15 is 0 Å². The summed E-state index contributed by atoms with van der Waals surface area (Å²) in [7, 11) is 0. The average Bonchev–Trinajstić information content (AvgIpc) is 3.02. The van der Waals surface area contributed by atoms with E-state index in [4.69, 9.17) is 5.73 Å². The predicted octanol–water partition coefficient (Wildman–Crippen LogP) is 2.87. The fraction of sp³-hybridized carbons (Fsp3) is 0.647. The molecule has 0 amide bonds. The molecule has 0 bridgehead atoms. The quantitative estimate of drug-likeness (QED) is 0.853. The Balaban J connectivity index is 1.56. The number of rotatable bonds is 1. The molecule has 108 valence electrons. The third-order valence-electron chi connectivity index (χ3n) is 5.77. The smallest absolute Gasteiger partial charge is 0.123 e. The van der Waals surface area contributed by atoms with Crippen LogP contribution in [0.5, 0.6) is 0 Å². The molecular weight excluding hydrogens is 251 g/mol. The van der Waals surface area contributed by atoms with Crippen LogP contribution in [0, 0.1) is 17.7 Å². The minimum atomic E-state index is -0.0958. The lowest BCUT2D eigenvalue weighted by Crippen LogP contribution is -2.38. The number of benzene rings is 1. The van der Waals surface area contributed by atoms with Gasteiger partial charge in [0, 0.05) is 25.2 Å². The number of nitrogens with two attached hydrogens (primary N) is 1. The first-order chi connectivity index (χ1) is 9.72. The molecule has 4 rings (SSSR count). The molecule has 1 saturated carbocycles. The van der Waals surface area contributed by atoms with Gasteiger partial charge in [0.25, 0.3) is 0 Å². The highest BCUT2D eigenvalue weighted by Crippen LogP contribution is 2.43. The van der Waals surface area contributed by atoms with E-state index in [1.807, 2.05) is 6.07 Å².